The lowest BCUT2D eigenvalue weighted by Gasteiger charge is -2.33. The van der Waals surface area contributed by atoms with Gasteiger partial charge in [0, 0.05) is 5.92 Å². The summed E-state index contributed by atoms with van der Waals surface area (Å²) in [7, 11) is 0. The van der Waals surface area contributed by atoms with Crippen LogP contribution >= 0.6 is 0 Å². The van der Waals surface area contributed by atoms with Crippen LogP contribution in [0.4, 0.5) is 4.79 Å². The highest BCUT2D eigenvalue weighted by molar-refractivity contribution is 5.91. The summed E-state index contributed by atoms with van der Waals surface area (Å²) in [5.74, 6) is -6.55. The molecule has 6 N–H and O–H groups in total. The van der Waals surface area contributed by atoms with Gasteiger partial charge in [0.1, 0.15) is 12.6 Å². The maximum absolute atomic E-state index is 13.0. The monoisotopic (exact) mass is 525 g/mol. The van der Waals surface area contributed by atoms with Gasteiger partial charge in [-0.1, -0.05) is 69.3 Å². The Kier molecular flexibility index (Phi) is 8.39. The van der Waals surface area contributed by atoms with Crippen molar-refractivity contribution in [3.05, 3.63) is 59.7 Å². The van der Waals surface area contributed by atoms with Crippen molar-refractivity contribution < 1.29 is 38.6 Å². The molecule has 0 aliphatic heterocycles. The van der Waals surface area contributed by atoms with E-state index in [4.69, 9.17) is 20.9 Å². The number of carboxylic acids is 1. The van der Waals surface area contributed by atoms with Gasteiger partial charge in [0.05, 0.1) is 12.3 Å². The Balaban J connectivity index is 1.82. The smallest absolute Gasteiger partial charge is 0.407 e. The summed E-state index contributed by atoms with van der Waals surface area (Å²) in [5.41, 5.74) is 13.2. The van der Waals surface area contributed by atoms with Crippen LogP contribution in [0, 0.1) is 11.3 Å². The van der Waals surface area contributed by atoms with Crippen molar-refractivity contribution in [3.63, 3.8) is 0 Å². The first-order valence-corrected chi connectivity index (χ1v) is 11.9. The number of primary amides is 2. The molecule has 2 aromatic rings. The average Bonchev–Trinajstić information content (AvgIpc) is 3.14. The molecule has 0 saturated carbocycles. The molecular formula is C27H31N3O8. The van der Waals surface area contributed by atoms with Crippen molar-refractivity contribution in [1.29, 1.82) is 0 Å². The highest BCUT2D eigenvalue weighted by Gasteiger charge is 2.45. The number of carboxylic acid groups (broad SMARTS) is 1. The van der Waals surface area contributed by atoms with E-state index < -0.39 is 59.7 Å². The largest absolute Gasteiger partial charge is 0.481 e. The van der Waals surface area contributed by atoms with Crippen molar-refractivity contribution in [2.75, 3.05) is 6.61 Å². The Morgan fingerprint density at radius 2 is 1.47 bits per heavy atom. The van der Waals surface area contributed by atoms with E-state index in [2.05, 4.69) is 5.32 Å². The Bertz CT molecular complexity index is 1210. The van der Waals surface area contributed by atoms with Crippen LogP contribution in [0.3, 0.4) is 0 Å². The summed E-state index contributed by atoms with van der Waals surface area (Å²) in [6, 6.07) is 13.6. The van der Waals surface area contributed by atoms with Crippen molar-refractivity contribution in [1.82, 2.24) is 5.32 Å². The van der Waals surface area contributed by atoms with Gasteiger partial charge in [0.15, 0.2) is 6.10 Å². The van der Waals surface area contributed by atoms with E-state index in [0.29, 0.717) is 0 Å². The molecule has 0 bridgehead atoms. The highest BCUT2D eigenvalue weighted by atomic mass is 16.6. The lowest BCUT2D eigenvalue weighted by molar-refractivity contribution is -0.164. The second-order valence-corrected chi connectivity index (χ2v) is 10.1. The van der Waals surface area contributed by atoms with E-state index in [-0.39, 0.29) is 12.5 Å². The number of alkyl carbamates (subject to hydrolysis) is 1. The van der Waals surface area contributed by atoms with Gasteiger partial charge >= 0.3 is 18.0 Å². The summed E-state index contributed by atoms with van der Waals surface area (Å²) < 4.78 is 10.5. The Hall–Kier alpha value is -4.41. The number of benzene rings is 2. The molecule has 3 atom stereocenters. The molecule has 11 heteroatoms. The van der Waals surface area contributed by atoms with Gasteiger partial charge in [-0.3, -0.25) is 14.4 Å². The van der Waals surface area contributed by atoms with Crippen molar-refractivity contribution in [2.45, 2.75) is 45.3 Å². The summed E-state index contributed by atoms with van der Waals surface area (Å²) in [6.07, 6.45) is -3.50. The zero-order chi connectivity index (χ0) is 28.2. The minimum absolute atomic E-state index is 0.0829. The first-order valence-electron chi connectivity index (χ1n) is 11.9. The quantitative estimate of drug-likeness (QED) is 0.338. The first kappa shape index (κ1) is 28.2. The summed E-state index contributed by atoms with van der Waals surface area (Å²) in [4.78, 5) is 61.0. The second kappa shape index (κ2) is 11.3. The van der Waals surface area contributed by atoms with Crippen LogP contribution in [0.25, 0.3) is 11.1 Å². The summed E-state index contributed by atoms with van der Waals surface area (Å²) >= 11 is 0. The number of carbonyl (C=O) groups excluding carboxylic acids is 4. The molecule has 1 aliphatic rings. The molecule has 3 rings (SSSR count). The van der Waals surface area contributed by atoms with E-state index in [9.17, 15) is 29.1 Å². The molecule has 0 spiro atoms. The van der Waals surface area contributed by atoms with Crippen molar-refractivity contribution in [3.8, 4) is 11.1 Å². The van der Waals surface area contributed by atoms with E-state index in [0.717, 1.165) is 22.3 Å². The van der Waals surface area contributed by atoms with E-state index in [1.165, 1.54) is 0 Å². The zero-order valence-corrected chi connectivity index (χ0v) is 21.3. The molecule has 0 saturated heterocycles. The van der Waals surface area contributed by atoms with Crippen molar-refractivity contribution in [2.24, 2.45) is 22.8 Å². The molecule has 0 aromatic heterocycles. The molecule has 2 unspecified atom stereocenters. The minimum Gasteiger partial charge on any atom is -0.481 e. The number of nitrogens with two attached hydrogens (primary N) is 2. The van der Waals surface area contributed by atoms with Crippen LogP contribution < -0.4 is 16.8 Å². The number of aliphatic carboxylic acids is 1. The molecule has 0 fully saturated rings. The third kappa shape index (κ3) is 6.28. The first-order chi connectivity index (χ1) is 17.8. The van der Waals surface area contributed by atoms with Crippen LogP contribution in [0.15, 0.2) is 48.5 Å². The fraction of sp³-hybridized carbons (Fsp3) is 0.370. The lowest BCUT2D eigenvalue weighted by atomic mass is 9.76. The zero-order valence-electron chi connectivity index (χ0n) is 21.3. The van der Waals surface area contributed by atoms with Gasteiger partial charge in [-0.05, 0) is 27.7 Å². The predicted octanol–water partition coefficient (Wildman–Crippen LogP) is 1.91. The molecule has 38 heavy (non-hydrogen) atoms. The number of hydrogen-bond acceptors (Lipinski definition) is 7. The number of ether oxygens (including phenoxy) is 2. The number of esters is 1. The molecule has 0 radical (unpaired) electrons. The van der Waals surface area contributed by atoms with Gasteiger partial charge in [-0.2, -0.15) is 0 Å². The molecular weight excluding hydrogens is 494 g/mol. The fourth-order valence-electron chi connectivity index (χ4n) is 4.65. The SMILES string of the molecule is CC(C)(C)C(C(=O)O)[C@H](NC(=O)OCC1c2ccccc2-c2ccccc21)C(=O)OC(CC(N)=O)C(N)=O. The summed E-state index contributed by atoms with van der Waals surface area (Å²) in [6.45, 7) is 4.59. The predicted molar refractivity (Wildman–Crippen MR) is 135 cm³/mol. The van der Waals surface area contributed by atoms with Crippen LogP contribution in [-0.2, 0) is 28.7 Å². The maximum Gasteiger partial charge on any atom is 0.407 e. The summed E-state index contributed by atoms with van der Waals surface area (Å²) in [5, 5.41) is 12.2. The number of carbonyl (C=O) groups is 5. The van der Waals surface area contributed by atoms with Gasteiger partial charge < -0.3 is 31.4 Å². The third-order valence-corrected chi connectivity index (χ3v) is 6.37. The Morgan fingerprint density at radius 1 is 0.947 bits per heavy atom. The number of rotatable bonds is 10. The molecule has 0 heterocycles. The number of hydrogen-bond donors (Lipinski definition) is 4. The third-order valence-electron chi connectivity index (χ3n) is 6.37. The molecule has 1 aliphatic carbocycles. The molecule has 202 valence electrons. The van der Waals surface area contributed by atoms with E-state index >= 15 is 0 Å². The highest BCUT2D eigenvalue weighted by Crippen LogP contribution is 2.44. The molecule has 3 amide bonds. The standard InChI is InChI=1S/C27H31N3O8/c1-27(2,3)21(24(33)34)22(25(35)38-19(23(29)32)12-20(28)31)30-26(36)37-13-18-16-10-6-4-8-14(16)15-9-5-7-11-17(15)18/h4-11,18-19,21-22H,12-13H2,1-3H3,(H2,28,31)(H2,29,32)(H,30,36)(H,33,34)/t19?,21?,22-/m0/s1. The van der Waals surface area contributed by atoms with Gasteiger partial charge in [-0.25, -0.2) is 9.59 Å². The van der Waals surface area contributed by atoms with Gasteiger partial charge in [0.2, 0.25) is 5.91 Å². The molecule has 2 aromatic carbocycles. The number of fused-ring (bicyclic) bond motifs is 3. The van der Waals surface area contributed by atoms with Crippen LogP contribution in [-0.4, -0.2) is 53.7 Å². The minimum atomic E-state index is -1.77. The lowest BCUT2D eigenvalue weighted by Crippen LogP contribution is -2.55. The van der Waals surface area contributed by atoms with Crippen LogP contribution in [0.2, 0.25) is 0 Å². The fourth-order valence-corrected chi connectivity index (χ4v) is 4.65. The Labute approximate surface area is 219 Å². The molecule has 11 nitrogen and oxygen atoms in total. The number of nitrogens with one attached hydrogen (secondary N) is 1. The second-order valence-electron chi connectivity index (χ2n) is 10.1. The van der Waals surface area contributed by atoms with Crippen molar-refractivity contribution >= 4 is 29.8 Å². The van der Waals surface area contributed by atoms with Crippen LogP contribution in [0.5, 0.6) is 0 Å². The topological polar surface area (TPSA) is 188 Å². The Morgan fingerprint density at radius 3 is 1.92 bits per heavy atom. The van der Waals surface area contributed by atoms with Gasteiger partial charge in [-0.15, -0.1) is 0 Å². The normalized spacial score (nSPS) is 14.8. The number of amides is 3. The van der Waals surface area contributed by atoms with Gasteiger partial charge in [0.25, 0.3) is 5.91 Å². The van der Waals surface area contributed by atoms with E-state index in [1.807, 2.05) is 48.5 Å². The average molecular weight is 526 g/mol. The van der Waals surface area contributed by atoms with Crippen LogP contribution in [0.1, 0.15) is 44.2 Å². The maximum atomic E-state index is 13.0. The van der Waals surface area contributed by atoms with E-state index in [1.54, 1.807) is 20.8 Å².